The average Bonchev–Trinajstić information content (AvgIpc) is 2.38. The Balaban J connectivity index is 2.20. The van der Waals surface area contributed by atoms with Gasteiger partial charge in [-0.05, 0) is 37.8 Å². The molecule has 0 spiro atoms. The first-order chi connectivity index (χ1) is 8.63. The number of carbonyl (C=O) groups is 1. The third kappa shape index (κ3) is 2.50. The molecule has 1 aromatic carbocycles. The highest BCUT2D eigenvalue weighted by Crippen LogP contribution is 2.25. The Morgan fingerprint density at radius 3 is 2.72 bits per heavy atom. The third-order valence-electron chi connectivity index (χ3n) is 3.83. The number of nitrogens with one attached hydrogen (secondary N) is 1. The van der Waals surface area contributed by atoms with Crippen molar-refractivity contribution in [1.29, 1.82) is 0 Å². The van der Waals surface area contributed by atoms with Crippen molar-refractivity contribution >= 4 is 11.6 Å². The van der Waals surface area contributed by atoms with Crippen LogP contribution >= 0.6 is 0 Å². The van der Waals surface area contributed by atoms with Crippen molar-refractivity contribution in [3.05, 3.63) is 29.8 Å². The molecule has 1 aliphatic rings. The molecule has 2 atom stereocenters. The quantitative estimate of drug-likeness (QED) is 0.870. The standard InChI is InChI=1S/C15H22N2O/c1-11-8-9-17(12(2)10-11)15(18)13-6-4-5-7-14(13)16-3/h4-7,11-12,16H,8-10H2,1-3H3/t11-,12-/m1/s1. The molecule has 0 unspecified atom stereocenters. The van der Waals surface area contributed by atoms with E-state index < -0.39 is 0 Å². The van der Waals surface area contributed by atoms with E-state index in [-0.39, 0.29) is 5.91 Å². The van der Waals surface area contributed by atoms with Crippen molar-refractivity contribution in [2.24, 2.45) is 5.92 Å². The van der Waals surface area contributed by atoms with Crippen LogP contribution in [-0.2, 0) is 0 Å². The van der Waals surface area contributed by atoms with Gasteiger partial charge in [-0.15, -0.1) is 0 Å². The van der Waals surface area contributed by atoms with Gasteiger partial charge in [-0.3, -0.25) is 4.79 Å². The van der Waals surface area contributed by atoms with Gasteiger partial charge in [0.25, 0.3) is 5.91 Å². The Hall–Kier alpha value is -1.51. The summed E-state index contributed by atoms with van der Waals surface area (Å²) in [7, 11) is 1.85. The van der Waals surface area contributed by atoms with Crippen LogP contribution in [0, 0.1) is 5.92 Å². The number of hydrogen-bond donors (Lipinski definition) is 1. The fourth-order valence-electron chi connectivity index (χ4n) is 2.75. The van der Waals surface area contributed by atoms with Gasteiger partial charge in [0.15, 0.2) is 0 Å². The molecule has 3 heteroatoms. The monoisotopic (exact) mass is 246 g/mol. The minimum atomic E-state index is 0.152. The van der Waals surface area contributed by atoms with Gasteiger partial charge in [-0.2, -0.15) is 0 Å². The molecule has 1 aliphatic heterocycles. The lowest BCUT2D eigenvalue weighted by Gasteiger charge is -2.36. The van der Waals surface area contributed by atoms with Crippen molar-refractivity contribution in [2.45, 2.75) is 32.7 Å². The normalized spacial score (nSPS) is 23.8. The summed E-state index contributed by atoms with van der Waals surface area (Å²) in [5, 5.41) is 3.09. The maximum atomic E-state index is 12.6. The molecule has 0 aromatic heterocycles. The molecular weight excluding hydrogens is 224 g/mol. The molecule has 1 heterocycles. The molecule has 1 amide bonds. The third-order valence-corrected chi connectivity index (χ3v) is 3.83. The van der Waals surface area contributed by atoms with Gasteiger partial charge >= 0.3 is 0 Å². The van der Waals surface area contributed by atoms with E-state index >= 15 is 0 Å². The number of likely N-dealkylation sites (tertiary alicyclic amines) is 1. The second-order valence-electron chi connectivity index (χ2n) is 5.27. The highest BCUT2D eigenvalue weighted by Gasteiger charge is 2.28. The van der Waals surface area contributed by atoms with Crippen LogP contribution in [0.15, 0.2) is 24.3 Å². The molecular formula is C15H22N2O. The zero-order chi connectivity index (χ0) is 13.1. The van der Waals surface area contributed by atoms with Crippen LogP contribution in [0.25, 0.3) is 0 Å². The lowest BCUT2D eigenvalue weighted by molar-refractivity contribution is 0.0589. The minimum absolute atomic E-state index is 0.152. The number of carbonyl (C=O) groups excluding carboxylic acids is 1. The number of benzene rings is 1. The van der Waals surface area contributed by atoms with Gasteiger partial charge in [0.1, 0.15) is 0 Å². The van der Waals surface area contributed by atoms with Gasteiger partial charge < -0.3 is 10.2 Å². The first-order valence-electron chi connectivity index (χ1n) is 6.71. The molecule has 2 rings (SSSR count). The van der Waals surface area contributed by atoms with E-state index in [2.05, 4.69) is 19.2 Å². The van der Waals surface area contributed by atoms with E-state index in [0.29, 0.717) is 6.04 Å². The van der Waals surface area contributed by atoms with Crippen molar-refractivity contribution in [3.63, 3.8) is 0 Å². The summed E-state index contributed by atoms with van der Waals surface area (Å²) < 4.78 is 0. The summed E-state index contributed by atoms with van der Waals surface area (Å²) >= 11 is 0. The maximum absolute atomic E-state index is 12.6. The molecule has 1 fully saturated rings. The first kappa shape index (κ1) is 12.9. The molecule has 0 bridgehead atoms. The number of para-hydroxylation sites is 1. The Morgan fingerprint density at radius 1 is 1.33 bits per heavy atom. The van der Waals surface area contributed by atoms with E-state index in [0.717, 1.165) is 36.6 Å². The lowest BCUT2D eigenvalue weighted by atomic mass is 9.92. The maximum Gasteiger partial charge on any atom is 0.256 e. The highest BCUT2D eigenvalue weighted by atomic mass is 16.2. The second kappa shape index (κ2) is 5.42. The van der Waals surface area contributed by atoms with Crippen LogP contribution in [0.5, 0.6) is 0 Å². The molecule has 0 radical (unpaired) electrons. The van der Waals surface area contributed by atoms with Crippen LogP contribution < -0.4 is 5.32 Å². The van der Waals surface area contributed by atoms with Crippen LogP contribution in [0.2, 0.25) is 0 Å². The van der Waals surface area contributed by atoms with E-state index in [4.69, 9.17) is 0 Å². The van der Waals surface area contributed by atoms with Gasteiger partial charge in [0.2, 0.25) is 0 Å². The molecule has 98 valence electrons. The second-order valence-corrected chi connectivity index (χ2v) is 5.27. The minimum Gasteiger partial charge on any atom is -0.387 e. The largest absolute Gasteiger partial charge is 0.387 e. The molecule has 1 saturated heterocycles. The van der Waals surface area contributed by atoms with Gasteiger partial charge in [0, 0.05) is 25.3 Å². The number of anilines is 1. The Bertz CT molecular complexity index is 430. The van der Waals surface area contributed by atoms with Crippen LogP contribution in [-0.4, -0.2) is 30.4 Å². The van der Waals surface area contributed by atoms with Gasteiger partial charge in [0.05, 0.1) is 5.56 Å². The van der Waals surface area contributed by atoms with Crippen molar-refractivity contribution in [3.8, 4) is 0 Å². The van der Waals surface area contributed by atoms with Crippen molar-refractivity contribution < 1.29 is 4.79 Å². The lowest BCUT2D eigenvalue weighted by Crippen LogP contribution is -2.44. The summed E-state index contributed by atoms with van der Waals surface area (Å²) in [5.41, 5.74) is 1.69. The summed E-state index contributed by atoms with van der Waals surface area (Å²) in [6.07, 6.45) is 2.21. The molecule has 1 aromatic rings. The Morgan fingerprint density at radius 2 is 2.06 bits per heavy atom. The highest BCUT2D eigenvalue weighted by molar-refractivity contribution is 5.99. The fraction of sp³-hybridized carbons (Fsp3) is 0.533. The summed E-state index contributed by atoms with van der Waals surface area (Å²) in [6, 6.07) is 8.06. The van der Waals surface area contributed by atoms with E-state index in [1.165, 1.54) is 0 Å². The van der Waals surface area contributed by atoms with Crippen molar-refractivity contribution in [1.82, 2.24) is 4.90 Å². The number of amides is 1. The number of rotatable bonds is 2. The fourth-order valence-corrected chi connectivity index (χ4v) is 2.75. The molecule has 3 nitrogen and oxygen atoms in total. The Labute approximate surface area is 109 Å². The molecule has 18 heavy (non-hydrogen) atoms. The van der Waals surface area contributed by atoms with Crippen LogP contribution in [0.4, 0.5) is 5.69 Å². The van der Waals surface area contributed by atoms with Crippen LogP contribution in [0.3, 0.4) is 0 Å². The number of piperidine rings is 1. The SMILES string of the molecule is CNc1ccccc1C(=O)N1CC[C@@H](C)C[C@H]1C. The molecule has 0 aliphatic carbocycles. The number of hydrogen-bond acceptors (Lipinski definition) is 2. The molecule has 1 N–H and O–H groups in total. The predicted molar refractivity (Wildman–Crippen MR) is 74.9 cm³/mol. The summed E-state index contributed by atoms with van der Waals surface area (Å²) in [5.74, 6) is 0.878. The molecule has 0 saturated carbocycles. The van der Waals surface area contributed by atoms with Gasteiger partial charge in [-0.25, -0.2) is 0 Å². The predicted octanol–water partition coefficient (Wildman–Crippen LogP) is 2.99. The van der Waals surface area contributed by atoms with E-state index in [1.54, 1.807) is 0 Å². The van der Waals surface area contributed by atoms with Gasteiger partial charge in [-0.1, -0.05) is 19.1 Å². The smallest absolute Gasteiger partial charge is 0.256 e. The Kier molecular flexibility index (Phi) is 3.90. The van der Waals surface area contributed by atoms with E-state index in [9.17, 15) is 4.79 Å². The van der Waals surface area contributed by atoms with Crippen molar-refractivity contribution in [2.75, 3.05) is 18.9 Å². The zero-order valence-electron chi connectivity index (χ0n) is 11.4. The average molecular weight is 246 g/mol. The van der Waals surface area contributed by atoms with E-state index in [1.807, 2.05) is 36.2 Å². The summed E-state index contributed by atoms with van der Waals surface area (Å²) in [4.78, 5) is 14.6. The first-order valence-corrected chi connectivity index (χ1v) is 6.71. The zero-order valence-corrected chi connectivity index (χ0v) is 11.4. The van der Waals surface area contributed by atoms with Crippen LogP contribution in [0.1, 0.15) is 37.0 Å². The number of nitrogens with zero attached hydrogens (tertiary/aromatic N) is 1. The topological polar surface area (TPSA) is 32.3 Å². The summed E-state index contributed by atoms with van der Waals surface area (Å²) in [6.45, 7) is 5.29.